The van der Waals surface area contributed by atoms with Crippen LogP contribution in [-0.4, -0.2) is 24.3 Å². The van der Waals surface area contributed by atoms with Crippen molar-refractivity contribution >= 4 is 17.3 Å². The Labute approximate surface area is 89.1 Å². The Balaban J connectivity index is 2.20. The number of anilines is 1. The number of β-amino-alcohol motifs (C(OH)–C–C–N with tert-alkyl or cyclic N) is 1. The summed E-state index contributed by atoms with van der Waals surface area (Å²) < 4.78 is 0. The zero-order chi connectivity index (χ0) is 10.1. The lowest BCUT2D eigenvalue weighted by Gasteiger charge is -2.18. The predicted molar refractivity (Wildman–Crippen MR) is 59.0 cm³/mol. The monoisotopic (exact) mass is 211 g/mol. The van der Waals surface area contributed by atoms with E-state index in [2.05, 4.69) is 11.0 Å². The molecule has 1 fully saturated rings. The van der Waals surface area contributed by atoms with Gasteiger partial charge in [0.1, 0.15) is 0 Å². The molecule has 0 radical (unpaired) electrons. The molecule has 3 heteroatoms. The lowest BCUT2D eigenvalue weighted by molar-refractivity contribution is 0.198. The molecular formula is C11H14ClNO. The van der Waals surface area contributed by atoms with Gasteiger partial charge in [0.05, 0.1) is 6.10 Å². The zero-order valence-corrected chi connectivity index (χ0v) is 8.96. The highest BCUT2D eigenvalue weighted by Gasteiger charge is 2.20. The third kappa shape index (κ3) is 1.86. The van der Waals surface area contributed by atoms with Crippen molar-refractivity contribution in [1.29, 1.82) is 0 Å². The number of hydrogen-bond acceptors (Lipinski definition) is 2. The maximum atomic E-state index is 9.41. The number of aliphatic hydroxyl groups is 1. The average Bonchev–Trinajstić information content (AvgIpc) is 2.57. The first kappa shape index (κ1) is 9.81. The summed E-state index contributed by atoms with van der Waals surface area (Å²) in [5.41, 5.74) is 2.20. The molecule has 0 amide bonds. The molecule has 2 nitrogen and oxygen atoms in total. The number of hydrogen-bond donors (Lipinski definition) is 1. The van der Waals surface area contributed by atoms with Crippen LogP contribution in [0.15, 0.2) is 18.2 Å². The van der Waals surface area contributed by atoms with Gasteiger partial charge in [-0.15, -0.1) is 0 Å². The summed E-state index contributed by atoms with van der Waals surface area (Å²) in [7, 11) is 0. The Bertz CT molecular complexity index is 340. The van der Waals surface area contributed by atoms with Crippen molar-refractivity contribution in [2.24, 2.45) is 0 Å². The minimum atomic E-state index is -0.185. The van der Waals surface area contributed by atoms with Gasteiger partial charge < -0.3 is 10.0 Å². The van der Waals surface area contributed by atoms with Gasteiger partial charge in [0.15, 0.2) is 0 Å². The lowest BCUT2D eigenvalue weighted by Crippen LogP contribution is -2.20. The van der Waals surface area contributed by atoms with Gasteiger partial charge in [-0.05, 0) is 31.0 Å². The van der Waals surface area contributed by atoms with Crippen LogP contribution in [0.2, 0.25) is 5.02 Å². The fraction of sp³-hybridized carbons (Fsp3) is 0.455. The molecule has 0 aliphatic carbocycles. The molecule has 0 bridgehead atoms. The predicted octanol–water partition coefficient (Wildman–Crippen LogP) is 2.22. The van der Waals surface area contributed by atoms with Crippen molar-refractivity contribution in [2.45, 2.75) is 19.4 Å². The van der Waals surface area contributed by atoms with Crippen molar-refractivity contribution < 1.29 is 5.11 Å². The minimum absolute atomic E-state index is 0.185. The lowest BCUT2D eigenvalue weighted by atomic mass is 10.2. The number of benzene rings is 1. The van der Waals surface area contributed by atoms with E-state index in [4.69, 9.17) is 11.6 Å². The van der Waals surface area contributed by atoms with Gasteiger partial charge in [-0.1, -0.05) is 17.7 Å². The van der Waals surface area contributed by atoms with Crippen LogP contribution < -0.4 is 4.90 Å². The zero-order valence-electron chi connectivity index (χ0n) is 8.20. The van der Waals surface area contributed by atoms with E-state index in [0.29, 0.717) is 0 Å². The van der Waals surface area contributed by atoms with Crippen LogP contribution in [0.4, 0.5) is 5.69 Å². The molecule has 0 saturated carbocycles. The molecule has 1 heterocycles. The molecule has 1 aromatic carbocycles. The van der Waals surface area contributed by atoms with Crippen LogP contribution in [0.3, 0.4) is 0 Å². The Kier molecular flexibility index (Phi) is 2.66. The summed E-state index contributed by atoms with van der Waals surface area (Å²) in [4.78, 5) is 2.16. The van der Waals surface area contributed by atoms with Crippen molar-refractivity contribution in [2.75, 3.05) is 18.0 Å². The van der Waals surface area contributed by atoms with Crippen LogP contribution in [-0.2, 0) is 0 Å². The molecule has 1 saturated heterocycles. The topological polar surface area (TPSA) is 23.5 Å². The van der Waals surface area contributed by atoms with Crippen LogP contribution in [0.25, 0.3) is 0 Å². The normalized spacial score (nSPS) is 21.6. The fourth-order valence-corrected chi connectivity index (χ4v) is 1.93. The first-order chi connectivity index (χ1) is 6.66. The summed E-state index contributed by atoms with van der Waals surface area (Å²) in [5.74, 6) is 0. The standard InChI is InChI=1S/C11H14ClNO/c1-8-2-3-9(6-11(8)12)13-5-4-10(14)7-13/h2-3,6,10,14H,4-5,7H2,1H3/t10-/m0/s1. The van der Waals surface area contributed by atoms with E-state index < -0.39 is 0 Å². The van der Waals surface area contributed by atoms with Crippen LogP contribution in [0.5, 0.6) is 0 Å². The summed E-state index contributed by atoms with van der Waals surface area (Å²) in [6.07, 6.45) is 0.668. The second-order valence-corrected chi connectivity index (χ2v) is 4.23. The van der Waals surface area contributed by atoms with E-state index in [9.17, 15) is 5.11 Å². The molecule has 0 aromatic heterocycles. The van der Waals surface area contributed by atoms with E-state index in [1.54, 1.807) is 0 Å². The Morgan fingerprint density at radius 1 is 1.50 bits per heavy atom. The number of nitrogens with zero attached hydrogens (tertiary/aromatic N) is 1. The van der Waals surface area contributed by atoms with E-state index in [1.165, 1.54) is 0 Å². The molecule has 1 aliphatic heterocycles. The van der Waals surface area contributed by atoms with Gasteiger partial charge in [0.2, 0.25) is 0 Å². The number of aliphatic hydroxyl groups excluding tert-OH is 1. The van der Waals surface area contributed by atoms with Gasteiger partial charge >= 0.3 is 0 Å². The minimum Gasteiger partial charge on any atom is -0.391 e. The maximum absolute atomic E-state index is 9.41. The van der Waals surface area contributed by atoms with E-state index in [0.717, 1.165) is 35.8 Å². The number of halogens is 1. The fourth-order valence-electron chi connectivity index (χ4n) is 1.75. The summed E-state index contributed by atoms with van der Waals surface area (Å²) in [6.45, 7) is 3.63. The van der Waals surface area contributed by atoms with Crippen molar-refractivity contribution in [1.82, 2.24) is 0 Å². The summed E-state index contributed by atoms with van der Waals surface area (Å²) in [5, 5.41) is 10.2. The van der Waals surface area contributed by atoms with Crippen molar-refractivity contribution in [3.8, 4) is 0 Å². The van der Waals surface area contributed by atoms with E-state index in [1.807, 2.05) is 19.1 Å². The highest BCUT2D eigenvalue weighted by atomic mass is 35.5. The molecule has 1 aliphatic rings. The molecule has 0 unspecified atom stereocenters. The largest absolute Gasteiger partial charge is 0.391 e. The van der Waals surface area contributed by atoms with Crippen LogP contribution in [0.1, 0.15) is 12.0 Å². The molecule has 76 valence electrons. The Morgan fingerprint density at radius 2 is 2.29 bits per heavy atom. The molecule has 2 rings (SSSR count). The summed E-state index contributed by atoms with van der Waals surface area (Å²) >= 11 is 6.04. The molecule has 1 atom stereocenters. The van der Waals surface area contributed by atoms with Gasteiger partial charge in [0.25, 0.3) is 0 Å². The Morgan fingerprint density at radius 3 is 2.86 bits per heavy atom. The van der Waals surface area contributed by atoms with E-state index >= 15 is 0 Å². The average molecular weight is 212 g/mol. The number of aryl methyl sites for hydroxylation is 1. The first-order valence-electron chi connectivity index (χ1n) is 4.86. The van der Waals surface area contributed by atoms with Crippen molar-refractivity contribution in [3.63, 3.8) is 0 Å². The Hall–Kier alpha value is -0.730. The second kappa shape index (κ2) is 3.79. The molecule has 1 aromatic rings. The van der Waals surface area contributed by atoms with Gasteiger partial charge in [-0.3, -0.25) is 0 Å². The molecule has 1 N–H and O–H groups in total. The van der Waals surface area contributed by atoms with Gasteiger partial charge in [-0.25, -0.2) is 0 Å². The highest BCUT2D eigenvalue weighted by molar-refractivity contribution is 6.31. The van der Waals surface area contributed by atoms with Gasteiger partial charge in [-0.2, -0.15) is 0 Å². The van der Waals surface area contributed by atoms with Crippen LogP contribution >= 0.6 is 11.6 Å². The number of rotatable bonds is 1. The first-order valence-corrected chi connectivity index (χ1v) is 5.24. The third-order valence-corrected chi connectivity index (χ3v) is 3.09. The highest BCUT2D eigenvalue weighted by Crippen LogP contribution is 2.25. The molecule has 14 heavy (non-hydrogen) atoms. The smallest absolute Gasteiger partial charge is 0.0731 e. The third-order valence-electron chi connectivity index (χ3n) is 2.68. The quantitative estimate of drug-likeness (QED) is 0.770. The van der Waals surface area contributed by atoms with Crippen molar-refractivity contribution in [3.05, 3.63) is 28.8 Å². The second-order valence-electron chi connectivity index (χ2n) is 3.82. The van der Waals surface area contributed by atoms with E-state index in [-0.39, 0.29) is 6.10 Å². The molecule has 0 spiro atoms. The SMILES string of the molecule is Cc1ccc(N2CC[C@H](O)C2)cc1Cl. The summed E-state index contributed by atoms with van der Waals surface area (Å²) in [6, 6.07) is 6.04. The van der Waals surface area contributed by atoms with Crippen LogP contribution in [0, 0.1) is 6.92 Å². The van der Waals surface area contributed by atoms with Gasteiger partial charge in [0, 0.05) is 23.8 Å². The maximum Gasteiger partial charge on any atom is 0.0731 e. The molecular weight excluding hydrogens is 198 g/mol.